The first-order valence-electron chi connectivity index (χ1n) is 5.00. The minimum absolute atomic E-state index is 0.201. The van der Waals surface area contributed by atoms with Crippen LogP contribution in [-0.4, -0.2) is 30.4 Å². The highest BCUT2D eigenvalue weighted by atomic mass is 16.5. The van der Waals surface area contributed by atoms with Gasteiger partial charge in [0.15, 0.2) is 0 Å². The van der Waals surface area contributed by atoms with Crippen LogP contribution >= 0.6 is 0 Å². The topological polar surface area (TPSA) is 68.3 Å². The number of hydrogen-bond donors (Lipinski definition) is 1. The van der Waals surface area contributed by atoms with Gasteiger partial charge in [-0.2, -0.15) is 0 Å². The summed E-state index contributed by atoms with van der Waals surface area (Å²) in [6, 6.07) is 1.68. The number of aldehydes is 1. The Morgan fingerprint density at radius 1 is 1.62 bits per heavy atom. The molecule has 0 saturated carbocycles. The Balaban J connectivity index is 2.81. The molecule has 0 spiro atoms. The lowest BCUT2D eigenvalue weighted by atomic mass is 10.2. The second kappa shape index (κ2) is 5.85. The normalized spacial score (nSPS) is 9.62. The summed E-state index contributed by atoms with van der Waals surface area (Å²) in [5.41, 5.74) is 1.21. The van der Waals surface area contributed by atoms with Gasteiger partial charge in [-0.15, -0.1) is 0 Å². The first-order valence-corrected chi connectivity index (χ1v) is 5.00. The number of aromatic nitrogens is 1. The first-order chi connectivity index (χ1) is 7.69. The van der Waals surface area contributed by atoms with Crippen molar-refractivity contribution in [1.82, 2.24) is 4.98 Å². The van der Waals surface area contributed by atoms with Gasteiger partial charge in [0.2, 0.25) is 0 Å². The summed E-state index contributed by atoms with van der Waals surface area (Å²) >= 11 is 0. The highest BCUT2D eigenvalue weighted by molar-refractivity contribution is 5.89. The van der Waals surface area contributed by atoms with E-state index in [4.69, 9.17) is 4.74 Å². The number of carbonyl (C=O) groups excluding carboxylic acids is 2. The summed E-state index contributed by atoms with van der Waals surface area (Å²) in [6.45, 7) is 4.09. The summed E-state index contributed by atoms with van der Waals surface area (Å²) in [6.07, 6.45) is 2.18. The molecule has 1 heterocycles. The molecule has 5 heteroatoms. The maximum absolute atomic E-state index is 11.4. The molecule has 1 aromatic heterocycles. The largest absolute Gasteiger partial charge is 0.462 e. The SMILES string of the molecule is CCOC(=O)c1cnc(NCC=O)c(C)c1. The molecule has 0 saturated heterocycles. The molecule has 0 amide bonds. The van der Waals surface area contributed by atoms with Crippen molar-refractivity contribution >= 4 is 18.1 Å². The Morgan fingerprint density at radius 3 is 2.94 bits per heavy atom. The van der Waals surface area contributed by atoms with E-state index in [1.165, 1.54) is 6.20 Å². The number of pyridine rings is 1. The zero-order valence-corrected chi connectivity index (χ0v) is 9.32. The van der Waals surface area contributed by atoms with Crippen molar-refractivity contribution in [3.05, 3.63) is 23.4 Å². The number of anilines is 1. The quantitative estimate of drug-likeness (QED) is 0.598. The predicted molar refractivity (Wildman–Crippen MR) is 59.5 cm³/mol. The molecule has 0 radical (unpaired) electrons. The van der Waals surface area contributed by atoms with Gasteiger partial charge in [0.05, 0.1) is 18.7 Å². The van der Waals surface area contributed by atoms with E-state index in [9.17, 15) is 9.59 Å². The summed E-state index contributed by atoms with van der Waals surface area (Å²) < 4.78 is 4.85. The second-order valence-electron chi connectivity index (χ2n) is 3.16. The summed E-state index contributed by atoms with van der Waals surface area (Å²) in [4.78, 5) is 25.6. The molecule has 1 aromatic rings. The highest BCUT2D eigenvalue weighted by Gasteiger charge is 2.08. The first kappa shape index (κ1) is 12.2. The van der Waals surface area contributed by atoms with Gasteiger partial charge in [-0.05, 0) is 25.5 Å². The van der Waals surface area contributed by atoms with Crippen LogP contribution in [0.25, 0.3) is 0 Å². The number of carbonyl (C=O) groups is 2. The molecule has 1 rings (SSSR count). The van der Waals surface area contributed by atoms with E-state index in [0.29, 0.717) is 18.0 Å². The number of esters is 1. The van der Waals surface area contributed by atoms with E-state index >= 15 is 0 Å². The molecule has 0 aromatic carbocycles. The van der Waals surface area contributed by atoms with Crippen molar-refractivity contribution in [1.29, 1.82) is 0 Å². The van der Waals surface area contributed by atoms with Gasteiger partial charge < -0.3 is 14.8 Å². The fourth-order valence-electron chi connectivity index (χ4n) is 1.22. The fourth-order valence-corrected chi connectivity index (χ4v) is 1.22. The molecule has 0 fully saturated rings. The van der Waals surface area contributed by atoms with Crippen LogP contribution in [0.1, 0.15) is 22.8 Å². The van der Waals surface area contributed by atoms with E-state index < -0.39 is 0 Å². The van der Waals surface area contributed by atoms with Gasteiger partial charge in [-0.3, -0.25) is 0 Å². The summed E-state index contributed by atoms with van der Waals surface area (Å²) in [7, 11) is 0. The molecule has 0 bridgehead atoms. The van der Waals surface area contributed by atoms with Crippen LogP contribution in [0.2, 0.25) is 0 Å². The number of hydrogen-bond acceptors (Lipinski definition) is 5. The van der Waals surface area contributed by atoms with Crippen molar-refractivity contribution in [2.24, 2.45) is 0 Å². The molecular weight excluding hydrogens is 208 g/mol. The lowest BCUT2D eigenvalue weighted by Gasteiger charge is -2.07. The van der Waals surface area contributed by atoms with Crippen LogP contribution in [0.5, 0.6) is 0 Å². The van der Waals surface area contributed by atoms with Crippen LogP contribution in [0.4, 0.5) is 5.82 Å². The Kier molecular flexibility index (Phi) is 4.44. The standard InChI is InChI=1S/C11H14N2O3/c1-3-16-11(15)9-6-8(2)10(13-7-9)12-4-5-14/h5-7H,3-4H2,1-2H3,(H,12,13). The van der Waals surface area contributed by atoms with E-state index in [1.807, 2.05) is 6.92 Å². The van der Waals surface area contributed by atoms with Crippen LogP contribution in [0.3, 0.4) is 0 Å². The number of aryl methyl sites for hydroxylation is 1. The summed E-state index contributed by atoms with van der Waals surface area (Å²) in [5, 5.41) is 2.83. The molecule has 1 N–H and O–H groups in total. The molecule has 0 aliphatic rings. The molecule has 0 aliphatic heterocycles. The van der Waals surface area contributed by atoms with Gasteiger partial charge in [-0.25, -0.2) is 9.78 Å². The smallest absolute Gasteiger partial charge is 0.339 e. The minimum atomic E-state index is -0.389. The van der Waals surface area contributed by atoms with Crippen LogP contribution in [-0.2, 0) is 9.53 Å². The van der Waals surface area contributed by atoms with E-state index in [2.05, 4.69) is 10.3 Å². The van der Waals surface area contributed by atoms with Gasteiger partial charge >= 0.3 is 5.97 Å². The predicted octanol–water partition coefficient (Wildman–Crippen LogP) is 1.18. The monoisotopic (exact) mass is 222 g/mol. The van der Waals surface area contributed by atoms with Gasteiger partial charge in [0.25, 0.3) is 0 Å². The Labute approximate surface area is 93.8 Å². The summed E-state index contributed by atoms with van der Waals surface area (Å²) in [5.74, 6) is 0.209. The highest BCUT2D eigenvalue weighted by Crippen LogP contribution is 2.13. The Morgan fingerprint density at radius 2 is 2.38 bits per heavy atom. The maximum atomic E-state index is 11.4. The van der Waals surface area contributed by atoms with E-state index in [-0.39, 0.29) is 12.5 Å². The van der Waals surface area contributed by atoms with Crippen molar-refractivity contribution < 1.29 is 14.3 Å². The molecule has 16 heavy (non-hydrogen) atoms. The average Bonchev–Trinajstić information content (AvgIpc) is 2.27. The third kappa shape index (κ3) is 3.05. The molecule has 0 unspecified atom stereocenters. The van der Waals surface area contributed by atoms with E-state index in [1.54, 1.807) is 13.0 Å². The average molecular weight is 222 g/mol. The lowest BCUT2D eigenvalue weighted by molar-refractivity contribution is -0.106. The van der Waals surface area contributed by atoms with E-state index in [0.717, 1.165) is 11.8 Å². The Bertz CT molecular complexity index is 391. The molecular formula is C11H14N2O3. The number of ether oxygens (including phenoxy) is 1. The maximum Gasteiger partial charge on any atom is 0.339 e. The second-order valence-corrected chi connectivity index (χ2v) is 3.16. The van der Waals surface area contributed by atoms with Gasteiger partial charge in [-0.1, -0.05) is 0 Å². The lowest BCUT2D eigenvalue weighted by Crippen LogP contribution is -2.09. The number of rotatable bonds is 5. The minimum Gasteiger partial charge on any atom is -0.462 e. The molecule has 86 valence electrons. The van der Waals surface area contributed by atoms with Crippen molar-refractivity contribution in [3.63, 3.8) is 0 Å². The van der Waals surface area contributed by atoms with Gasteiger partial charge in [0, 0.05) is 6.20 Å². The zero-order valence-electron chi connectivity index (χ0n) is 9.32. The third-order valence-corrected chi connectivity index (χ3v) is 1.94. The van der Waals surface area contributed by atoms with Crippen molar-refractivity contribution in [2.75, 3.05) is 18.5 Å². The van der Waals surface area contributed by atoms with Crippen molar-refractivity contribution in [3.8, 4) is 0 Å². The third-order valence-electron chi connectivity index (χ3n) is 1.94. The van der Waals surface area contributed by atoms with Crippen LogP contribution in [0, 0.1) is 6.92 Å². The molecule has 0 atom stereocenters. The van der Waals surface area contributed by atoms with Crippen molar-refractivity contribution in [2.45, 2.75) is 13.8 Å². The molecule has 0 aliphatic carbocycles. The molecule has 5 nitrogen and oxygen atoms in total. The zero-order chi connectivity index (χ0) is 12.0. The fraction of sp³-hybridized carbons (Fsp3) is 0.364. The number of nitrogens with one attached hydrogen (secondary N) is 1. The van der Waals surface area contributed by atoms with Crippen LogP contribution < -0.4 is 5.32 Å². The van der Waals surface area contributed by atoms with Crippen LogP contribution in [0.15, 0.2) is 12.3 Å². The van der Waals surface area contributed by atoms with Gasteiger partial charge in [0.1, 0.15) is 12.1 Å². The number of nitrogens with zero attached hydrogens (tertiary/aromatic N) is 1. The Hall–Kier alpha value is -1.91.